The Bertz CT molecular complexity index is 799. The van der Waals surface area contributed by atoms with Crippen molar-refractivity contribution in [3.8, 4) is 0 Å². The molecular formula is C16H15BrN4O. The highest BCUT2D eigenvalue weighted by Crippen LogP contribution is 2.15. The van der Waals surface area contributed by atoms with Crippen LogP contribution in [0, 0.1) is 0 Å². The van der Waals surface area contributed by atoms with Crippen molar-refractivity contribution < 1.29 is 4.79 Å². The number of carbonyl (C=O) groups excluding carboxylic acids is 1. The standard InChI is InChI=1S/C16H15BrN4O/c17-12-3-1-2-11(8-12)6-7-18-16(22)21-13-4-5-14-15(9-13)20-10-19-14/h1-5,8-10H,6-7H2,(H,19,20)(H2,18,21,22). The Kier molecular flexibility index (Phi) is 4.39. The number of fused-ring (bicyclic) bond motifs is 1. The molecule has 0 saturated carbocycles. The van der Waals surface area contributed by atoms with E-state index in [1.165, 1.54) is 5.56 Å². The minimum Gasteiger partial charge on any atom is -0.345 e. The molecule has 0 spiro atoms. The minimum atomic E-state index is -0.214. The minimum absolute atomic E-state index is 0.214. The second-order valence-electron chi connectivity index (χ2n) is 4.90. The van der Waals surface area contributed by atoms with Crippen LogP contribution in [0.15, 0.2) is 53.3 Å². The van der Waals surface area contributed by atoms with E-state index >= 15 is 0 Å². The van der Waals surface area contributed by atoms with Crippen LogP contribution in [0.1, 0.15) is 5.56 Å². The van der Waals surface area contributed by atoms with E-state index in [1.807, 2.05) is 42.5 Å². The number of halogens is 1. The number of anilines is 1. The maximum Gasteiger partial charge on any atom is 0.319 e. The van der Waals surface area contributed by atoms with Crippen LogP contribution in [0.25, 0.3) is 11.0 Å². The molecule has 0 unspecified atom stereocenters. The first-order valence-electron chi connectivity index (χ1n) is 6.93. The second-order valence-corrected chi connectivity index (χ2v) is 5.81. The van der Waals surface area contributed by atoms with Crippen LogP contribution in [0.3, 0.4) is 0 Å². The van der Waals surface area contributed by atoms with Crippen LogP contribution in [0.2, 0.25) is 0 Å². The van der Waals surface area contributed by atoms with Crippen molar-refractivity contribution in [2.24, 2.45) is 0 Å². The lowest BCUT2D eigenvalue weighted by Crippen LogP contribution is -2.30. The summed E-state index contributed by atoms with van der Waals surface area (Å²) in [5.74, 6) is 0. The lowest BCUT2D eigenvalue weighted by molar-refractivity contribution is 0.252. The molecule has 0 bridgehead atoms. The molecule has 0 aliphatic rings. The number of benzene rings is 2. The zero-order chi connectivity index (χ0) is 15.4. The Morgan fingerprint density at radius 2 is 2.14 bits per heavy atom. The van der Waals surface area contributed by atoms with E-state index < -0.39 is 0 Å². The summed E-state index contributed by atoms with van der Waals surface area (Å²) in [6, 6.07) is 13.4. The third-order valence-electron chi connectivity index (χ3n) is 3.27. The summed E-state index contributed by atoms with van der Waals surface area (Å²) in [6.45, 7) is 0.578. The Labute approximate surface area is 136 Å². The van der Waals surface area contributed by atoms with Crippen LogP contribution >= 0.6 is 15.9 Å². The van der Waals surface area contributed by atoms with Crippen LogP contribution in [-0.2, 0) is 6.42 Å². The molecule has 112 valence electrons. The van der Waals surface area contributed by atoms with Crippen molar-refractivity contribution in [3.63, 3.8) is 0 Å². The maximum absolute atomic E-state index is 11.9. The molecule has 0 aliphatic heterocycles. The highest BCUT2D eigenvalue weighted by atomic mass is 79.9. The Hall–Kier alpha value is -2.34. The average molecular weight is 359 g/mol. The van der Waals surface area contributed by atoms with Crippen molar-refractivity contribution in [2.75, 3.05) is 11.9 Å². The molecule has 0 radical (unpaired) electrons. The molecule has 0 atom stereocenters. The number of hydrogen-bond donors (Lipinski definition) is 3. The molecule has 1 heterocycles. The largest absolute Gasteiger partial charge is 0.345 e. The van der Waals surface area contributed by atoms with Crippen molar-refractivity contribution in [1.82, 2.24) is 15.3 Å². The van der Waals surface area contributed by atoms with E-state index in [2.05, 4.69) is 36.5 Å². The van der Waals surface area contributed by atoms with E-state index in [1.54, 1.807) is 6.33 Å². The molecule has 0 fully saturated rings. The van der Waals surface area contributed by atoms with Crippen LogP contribution in [0.5, 0.6) is 0 Å². The van der Waals surface area contributed by atoms with E-state index in [4.69, 9.17) is 0 Å². The predicted molar refractivity (Wildman–Crippen MR) is 91.0 cm³/mol. The molecule has 6 heteroatoms. The molecule has 2 aromatic carbocycles. The molecule has 3 N–H and O–H groups in total. The smallest absolute Gasteiger partial charge is 0.319 e. The number of aromatic amines is 1. The van der Waals surface area contributed by atoms with Gasteiger partial charge in [0.15, 0.2) is 0 Å². The monoisotopic (exact) mass is 358 g/mol. The van der Waals surface area contributed by atoms with Gasteiger partial charge in [-0.2, -0.15) is 0 Å². The predicted octanol–water partition coefficient (Wildman–Crippen LogP) is 3.69. The normalized spacial score (nSPS) is 10.6. The molecule has 0 aliphatic carbocycles. The molecule has 3 aromatic rings. The second kappa shape index (κ2) is 6.62. The molecular weight excluding hydrogens is 344 g/mol. The van der Waals surface area contributed by atoms with Crippen molar-refractivity contribution >= 4 is 38.7 Å². The fraction of sp³-hybridized carbons (Fsp3) is 0.125. The van der Waals surface area contributed by atoms with Crippen LogP contribution in [-0.4, -0.2) is 22.5 Å². The summed E-state index contributed by atoms with van der Waals surface area (Å²) in [7, 11) is 0. The number of hydrogen-bond acceptors (Lipinski definition) is 2. The van der Waals surface area contributed by atoms with Gasteiger partial charge in [0.2, 0.25) is 0 Å². The van der Waals surface area contributed by atoms with Crippen molar-refractivity contribution in [3.05, 3.63) is 58.8 Å². The highest BCUT2D eigenvalue weighted by molar-refractivity contribution is 9.10. The summed E-state index contributed by atoms with van der Waals surface area (Å²) in [4.78, 5) is 19.0. The number of aromatic nitrogens is 2. The maximum atomic E-state index is 11.9. The lowest BCUT2D eigenvalue weighted by atomic mass is 10.1. The SMILES string of the molecule is O=C(NCCc1cccc(Br)c1)Nc1ccc2nc[nH]c2c1. The molecule has 1 aromatic heterocycles. The van der Waals surface area contributed by atoms with E-state index in [0.717, 1.165) is 27.6 Å². The first kappa shape index (κ1) is 14.6. The van der Waals surface area contributed by atoms with Gasteiger partial charge in [-0.1, -0.05) is 28.1 Å². The summed E-state index contributed by atoms with van der Waals surface area (Å²) in [5, 5.41) is 5.66. The van der Waals surface area contributed by atoms with Gasteiger partial charge in [0.05, 0.1) is 17.4 Å². The molecule has 0 saturated heterocycles. The van der Waals surface area contributed by atoms with Crippen LogP contribution < -0.4 is 10.6 Å². The Morgan fingerprint density at radius 3 is 3.00 bits per heavy atom. The van der Waals surface area contributed by atoms with Crippen LogP contribution in [0.4, 0.5) is 10.5 Å². The van der Waals surface area contributed by atoms with Crippen molar-refractivity contribution in [1.29, 1.82) is 0 Å². The molecule has 3 rings (SSSR count). The number of imidazole rings is 1. The third kappa shape index (κ3) is 3.65. The van der Waals surface area contributed by atoms with Gasteiger partial charge < -0.3 is 15.6 Å². The highest BCUT2D eigenvalue weighted by Gasteiger charge is 2.03. The fourth-order valence-electron chi connectivity index (χ4n) is 2.20. The fourth-order valence-corrected chi connectivity index (χ4v) is 2.65. The van der Waals surface area contributed by atoms with Crippen molar-refractivity contribution in [2.45, 2.75) is 6.42 Å². The molecule has 5 nitrogen and oxygen atoms in total. The number of urea groups is 1. The first-order chi connectivity index (χ1) is 10.7. The number of rotatable bonds is 4. The van der Waals surface area contributed by atoms with Gasteiger partial charge >= 0.3 is 6.03 Å². The lowest BCUT2D eigenvalue weighted by Gasteiger charge is -2.08. The first-order valence-corrected chi connectivity index (χ1v) is 7.72. The van der Waals surface area contributed by atoms with Gasteiger partial charge in [0.1, 0.15) is 0 Å². The van der Waals surface area contributed by atoms with E-state index in [9.17, 15) is 4.79 Å². The summed E-state index contributed by atoms with van der Waals surface area (Å²) >= 11 is 3.44. The van der Waals surface area contributed by atoms with Gasteiger partial charge in [0, 0.05) is 16.7 Å². The van der Waals surface area contributed by atoms with E-state index in [-0.39, 0.29) is 6.03 Å². The van der Waals surface area contributed by atoms with Gasteiger partial charge in [-0.25, -0.2) is 9.78 Å². The zero-order valence-electron chi connectivity index (χ0n) is 11.8. The number of amides is 2. The van der Waals surface area contributed by atoms with Gasteiger partial charge in [-0.05, 0) is 42.3 Å². The van der Waals surface area contributed by atoms with E-state index in [0.29, 0.717) is 6.54 Å². The number of nitrogens with zero attached hydrogens (tertiary/aromatic N) is 1. The zero-order valence-corrected chi connectivity index (χ0v) is 13.4. The molecule has 22 heavy (non-hydrogen) atoms. The number of H-pyrrole nitrogens is 1. The summed E-state index contributed by atoms with van der Waals surface area (Å²) in [5.41, 5.74) is 3.68. The average Bonchev–Trinajstić information content (AvgIpc) is 2.95. The topological polar surface area (TPSA) is 69.8 Å². The Morgan fingerprint density at radius 1 is 1.23 bits per heavy atom. The third-order valence-corrected chi connectivity index (χ3v) is 3.76. The quantitative estimate of drug-likeness (QED) is 0.665. The van der Waals surface area contributed by atoms with Gasteiger partial charge in [0.25, 0.3) is 0 Å². The van der Waals surface area contributed by atoms with Gasteiger partial charge in [-0.3, -0.25) is 0 Å². The molecule has 2 amide bonds. The number of carbonyl (C=O) groups is 1. The Balaban J connectivity index is 1.51. The summed E-state index contributed by atoms with van der Waals surface area (Å²) < 4.78 is 1.04. The summed E-state index contributed by atoms with van der Waals surface area (Å²) in [6.07, 6.45) is 2.42. The number of nitrogens with one attached hydrogen (secondary N) is 3. The van der Waals surface area contributed by atoms with Gasteiger partial charge in [-0.15, -0.1) is 0 Å².